The molecule has 0 aromatic carbocycles. The molecule has 4 saturated carbocycles. The fraction of sp³-hybridized carbons (Fsp3) is 0.765. The summed E-state index contributed by atoms with van der Waals surface area (Å²) in [6.45, 7) is 5.95. The van der Waals surface area contributed by atoms with Gasteiger partial charge in [0.2, 0.25) is 0 Å². The molecule has 2 unspecified atom stereocenters. The molecule has 2 nitrogen and oxygen atoms in total. The Bertz CT molecular complexity index is 459. The summed E-state index contributed by atoms with van der Waals surface area (Å²) in [4.78, 5) is 0. The maximum Gasteiger partial charge on any atom is 0.117 e. The van der Waals surface area contributed by atoms with Crippen LogP contribution >= 0.6 is 0 Å². The van der Waals surface area contributed by atoms with Gasteiger partial charge in [0.1, 0.15) is 5.76 Å². The number of rotatable bonds is 3. The van der Waals surface area contributed by atoms with Crippen molar-refractivity contribution in [2.24, 2.45) is 16.7 Å². The Kier molecular flexibility index (Phi) is 2.32. The number of hydrogen-bond donors (Lipinski definition) is 1. The standard InChI is InChI=1S/C17H25NO/c1-15-6-13-7-16(2,10-15)12-17(8-13,11-15)18-9-14-4-3-5-19-14/h3-5,13,18H,6-12H2,1-2H3/t13?,15-,16+,17?. The fourth-order valence-electron chi connectivity index (χ4n) is 6.33. The van der Waals surface area contributed by atoms with Crippen molar-refractivity contribution in [2.45, 2.75) is 64.5 Å². The van der Waals surface area contributed by atoms with E-state index in [4.69, 9.17) is 4.42 Å². The average Bonchev–Trinajstić information content (AvgIpc) is 2.73. The van der Waals surface area contributed by atoms with Crippen molar-refractivity contribution in [2.75, 3.05) is 0 Å². The Labute approximate surface area is 116 Å². The normalized spacial score (nSPS) is 47.8. The minimum absolute atomic E-state index is 0.385. The molecule has 1 aromatic rings. The van der Waals surface area contributed by atoms with Crippen molar-refractivity contribution in [3.8, 4) is 0 Å². The maximum atomic E-state index is 5.48. The van der Waals surface area contributed by atoms with E-state index in [1.807, 2.05) is 6.07 Å². The lowest BCUT2D eigenvalue weighted by Crippen LogP contribution is -2.63. The van der Waals surface area contributed by atoms with Crippen LogP contribution in [0.1, 0.15) is 58.1 Å². The second kappa shape index (κ2) is 3.66. The fourth-order valence-corrected chi connectivity index (χ4v) is 6.33. The topological polar surface area (TPSA) is 25.2 Å². The predicted octanol–water partition coefficient (Wildman–Crippen LogP) is 4.12. The number of hydrogen-bond acceptors (Lipinski definition) is 2. The van der Waals surface area contributed by atoms with E-state index in [0.717, 1.165) is 18.2 Å². The SMILES string of the molecule is C[C@]12CC3CC(NCc4ccco4)(C1)C[C@@](C)(C3)C2. The van der Waals surface area contributed by atoms with Crippen molar-refractivity contribution < 1.29 is 4.42 Å². The molecule has 1 heterocycles. The molecule has 4 fully saturated rings. The van der Waals surface area contributed by atoms with E-state index in [9.17, 15) is 0 Å². The zero-order valence-corrected chi connectivity index (χ0v) is 12.2. The van der Waals surface area contributed by atoms with Crippen LogP contribution < -0.4 is 5.32 Å². The second-order valence-electron chi connectivity index (χ2n) is 8.34. The van der Waals surface area contributed by atoms with Gasteiger partial charge in [0.05, 0.1) is 12.8 Å². The summed E-state index contributed by atoms with van der Waals surface area (Å²) in [5, 5.41) is 3.89. The van der Waals surface area contributed by atoms with Gasteiger partial charge in [-0.15, -0.1) is 0 Å². The first-order valence-electron chi connectivity index (χ1n) is 7.76. The summed E-state index contributed by atoms with van der Waals surface area (Å²) < 4.78 is 5.48. The molecule has 0 saturated heterocycles. The van der Waals surface area contributed by atoms with Crippen LogP contribution in [-0.4, -0.2) is 5.54 Å². The van der Waals surface area contributed by atoms with Gasteiger partial charge < -0.3 is 9.73 Å². The molecular formula is C17H25NO. The van der Waals surface area contributed by atoms with Gasteiger partial charge in [0.25, 0.3) is 0 Å². The molecule has 104 valence electrons. The van der Waals surface area contributed by atoms with Crippen LogP contribution in [0.4, 0.5) is 0 Å². The average molecular weight is 259 g/mol. The van der Waals surface area contributed by atoms with Gasteiger partial charge in [-0.25, -0.2) is 0 Å². The van der Waals surface area contributed by atoms with Crippen LogP contribution in [0.25, 0.3) is 0 Å². The van der Waals surface area contributed by atoms with Crippen LogP contribution in [0.2, 0.25) is 0 Å². The minimum atomic E-state index is 0.385. The Morgan fingerprint density at radius 2 is 1.89 bits per heavy atom. The quantitative estimate of drug-likeness (QED) is 0.883. The monoisotopic (exact) mass is 259 g/mol. The Hall–Kier alpha value is -0.760. The van der Waals surface area contributed by atoms with Crippen molar-refractivity contribution in [3.05, 3.63) is 24.2 Å². The summed E-state index contributed by atoms with van der Waals surface area (Å²) in [6.07, 6.45) is 10.3. The highest BCUT2D eigenvalue weighted by atomic mass is 16.3. The zero-order chi connectivity index (χ0) is 13.1. The first kappa shape index (κ1) is 12.0. The molecule has 0 aliphatic heterocycles. The van der Waals surface area contributed by atoms with Gasteiger partial charge in [0.15, 0.2) is 0 Å². The van der Waals surface area contributed by atoms with E-state index in [-0.39, 0.29) is 0 Å². The zero-order valence-electron chi connectivity index (χ0n) is 12.2. The molecule has 4 bridgehead atoms. The number of furan rings is 1. The molecule has 1 N–H and O–H groups in total. The minimum Gasteiger partial charge on any atom is -0.468 e. The van der Waals surface area contributed by atoms with Crippen LogP contribution in [0.3, 0.4) is 0 Å². The third-order valence-corrected chi connectivity index (χ3v) is 5.84. The third kappa shape index (κ3) is 1.96. The van der Waals surface area contributed by atoms with Gasteiger partial charge in [-0.3, -0.25) is 0 Å². The van der Waals surface area contributed by atoms with Crippen molar-refractivity contribution in [1.29, 1.82) is 0 Å². The van der Waals surface area contributed by atoms with E-state index >= 15 is 0 Å². The summed E-state index contributed by atoms with van der Waals surface area (Å²) in [6, 6.07) is 4.07. The van der Waals surface area contributed by atoms with Crippen molar-refractivity contribution >= 4 is 0 Å². The maximum absolute atomic E-state index is 5.48. The lowest BCUT2D eigenvalue weighted by molar-refractivity contribution is -0.118. The smallest absolute Gasteiger partial charge is 0.117 e. The molecule has 2 heteroatoms. The summed E-state index contributed by atoms with van der Waals surface area (Å²) in [5.41, 5.74) is 1.56. The molecule has 5 rings (SSSR count). The second-order valence-corrected chi connectivity index (χ2v) is 8.34. The van der Waals surface area contributed by atoms with E-state index in [1.54, 1.807) is 6.26 Å². The molecule has 4 aliphatic carbocycles. The summed E-state index contributed by atoms with van der Waals surface area (Å²) in [7, 11) is 0. The largest absolute Gasteiger partial charge is 0.468 e. The van der Waals surface area contributed by atoms with E-state index < -0.39 is 0 Å². The van der Waals surface area contributed by atoms with Gasteiger partial charge in [-0.2, -0.15) is 0 Å². The van der Waals surface area contributed by atoms with Gasteiger partial charge in [0, 0.05) is 5.54 Å². The first-order valence-corrected chi connectivity index (χ1v) is 7.76. The van der Waals surface area contributed by atoms with Gasteiger partial charge in [-0.05, 0) is 67.4 Å². The number of nitrogens with one attached hydrogen (secondary N) is 1. The molecule has 0 amide bonds. The molecule has 0 spiro atoms. The third-order valence-electron chi connectivity index (χ3n) is 5.84. The summed E-state index contributed by atoms with van der Waals surface area (Å²) in [5.74, 6) is 2.03. The Balaban J connectivity index is 1.57. The van der Waals surface area contributed by atoms with Crippen LogP contribution in [0.5, 0.6) is 0 Å². The highest BCUT2D eigenvalue weighted by Crippen LogP contribution is 2.66. The van der Waals surface area contributed by atoms with E-state index in [1.165, 1.54) is 38.5 Å². The molecule has 0 radical (unpaired) electrons. The highest BCUT2D eigenvalue weighted by molar-refractivity contribution is 5.14. The van der Waals surface area contributed by atoms with E-state index in [2.05, 4.69) is 25.2 Å². The molecule has 1 aromatic heterocycles. The van der Waals surface area contributed by atoms with Crippen LogP contribution in [0.15, 0.2) is 22.8 Å². The predicted molar refractivity (Wildman–Crippen MR) is 75.7 cm³/mol. The van der Waals surface area contributed by atoms with Crippen LogP contribution in [-0.2, 0) is 6.54 Å². The highest BCUT2D eigenvalue weighted by Gasteiger charge is 2.59. The lowest BCUT2D eigenvalue weighted by Gasteiger charge is -2.65. The van der Waals surface area contributed by atoms with Gasteiger partial charge in [-0.1, -0.05) is 13.8 Å². The van der Waals surface area contributed by atoms with Crippen molar-refractivity contribution in [3.63, 3.8) is 0 Å². The molecular weight excluding hydrogens is 234 g/mol. The van der Waals surface area contributed by atoms with Crippen LogP contribution in [0, 0.1) is 16.7 Å². The molecule has 4 atom stereocenters. The van der Waals surface area contributed by atoms with Crippen molar-refractivity contribution in [1.82, 2.24) is 5.32 Å². The Morgan fingerprint density at radius 1 is 1.16 bits per heavy atom. The van der Waals surface area contributed by atoms with E-state index in [0.29, 0.717) is 16.4 Å². The summed E-state index contributed by atoms with van der Waals surface area (Å²) >= 11 is 0. The molecule has 4 aliphatic rings. The lowest BCUT2D eigenvalue weighted by atomic mass is 9.43. The van der Waals surface area contributed by atoms with Gasteiger partial charge >= 0.3 is 0 Å². The first-order chi connectivity index (χ1) is 8.99. The molecule has 19 heavy (non-hydrogen) atoms. The Morgan fingerprint density at radius 3 is 2.47 bits per heavy atom.